The molecule has 2 heterocycles. The number of fused-ring (bicyclic) bond motifs is 1. The van der Waals surface area contributed by atoms with E-state index in [-0.39, 0.29) is 28.1 Å². The number of aliphatic hydroxyl groups is 1. The molecule has 1 amide bonds. The minimum Gasteiger partial charge on any atom is -0.507 e. The van der Waals surface area contributed by atoms with Crippen LogP contribution in [0.1, 0.15) is 24.1 Å². The number of aromatic amines is 1. The molecule has 0 bridgehead atoms. The molecule has 188 valence electrons. The van der Waals surface area contributed by atoms with Gasteiger partial charge in [-0.25, -0.2) is 13.8 Å². The number of ketones is 1. The Kier molecular flexibility index (Phi) is 6.08. The molecule has 0 spiro atoms. The Morgan fingerprint density at radius 2 is 1.78 bits per heavy atom. The van der Waals surface area contributed by atoms with Crippen LogP contribution in [0.2, 0.25) is 0 Å². The lowest BCUT2D eigenvalue weighted by Crippen LogP contribution is -2.30. The van der Waals surface area contributed by atoms with Crippen LogP contribution in [-0.2, 0) is 9.59 Å². The van der Waals surface area contributed by atoms with Gasteiger partial charge in [-0.1, -0.05) is 24.3 Å². The van der Waals surface area contributed by atoms with Gasteiger partial charge in [0.25, 0.3) is 5.78 Å². The van der Waals surface area contributed by atoms with Gasteiger partial charge in [0, 0.05) is 17.7 Å². The van der Waals surface area contributed by atoms with Crippen molar-refractivity contribution in [1.29, 1.82) is 0 Å². The normalized spacial score (nSPS) is 17.0. The van der Waals surface area contributed by atoms with E-state index in [9.17, 15) is 23.5 Å². The fraction of sp³-hybridized carbons (Fsp3) is 0.148. The quantitative estimate of drug-likeness (QED) is 0.220. The highest BCUT2D eigenvalue weighted by atomic mass is 19.2. The Labute approximate surface area is 209 Å². The maximum atomic E-state index is 13.8. The van der Waals surface area contributed by atoms with Crippen LogP contribution in [0, 0.1) is 11.6 Å². The zero-order valence-corrected chi connectivity index (χ0v) is 19.8. The lowest BCUT2D eigenvalue weighted by molar-refractivity contribution is -0.132. The van der Waals surface area contributed by atoms with E-state index < -0.39 is 35.1 Å². The third kappa shape index (κ3) is 4.16. The van der Waals surface area contributed by atoms with E-state index in [0.717, 1.165) is 17.0 Å². The predicted molar refractivity (Wildman–Crippen MR) is 131 cm³/mol. The van der Waals surface area contributed by atoms with Gasteiger partial charge in [0.2, 0.25) is 5.95 Å². The zero-order valence-electron chi connectivity index (χ0n) is 19.8. The van der Waals surface area contributed by atoms with Crippen LogP contribution in [0.15, 0.2) is 66.2 Å². The van der Waals surface area contributed by atoms with Crippen molar-refractivity contribution in [3.8, 4) is 11.5 Å². The number of H-pyrrole nitrogens is 1. The Morgan fingerprint density at radius 3 is 2.54 bits per heavy atom. The molecule has 0 aliphatic carbocycles. The van der Waals surface area contributed by atoms with Crippen molar-refractivity contribution in [3.05, 3.63) is 89.0 Å². The third-order valence-electron chi connectivity index (χ3n) is 6.01. The summed E-state index contributed by atoms with van der Waals surface area (Å²) in [6.07, 6.45) is 0. The smallest absolute Gasteiger partial charge is 0.302 e. The Bertz CT molecular complexity index is 1540. The predicted octanol–water partition coefficient (Wildman–Crippen LogP) is 4.87. The maximum absolute atomic E-state index is 13.8. The first-order chi connectivity index (χ1) is 17.8. The number of aromatic nitrogens is 2. The van der Waals surface area contributed by atoms with Gasteiger partial charge >= 0.3 is 5.91 Å². The summed E-state index contributed by atoms with van der Waals surface area (Å²) in [4.78, 5) is 34.8. The van der Waals surface area contributed by atoms with Gasteiger partial charge in [-0.3, -0.25) is 14.5 Å². The van der Waals surface area contributed by atoms with Crippen molar-refractivity contribution >= 4 is 34.4 Å². The first kappa shape index (κ1) is 24.0. The number of carbonyl (C=O) groups excluding carboxylic acids is 2. The van der Waals surface area contributed by atoms with Crippen LogP contribution in [0.5, 0.6) is 11.5 Å². The van der Waals surface area contributed by atoms with E-state index in [4.69, 9.17) is 9.47 Å². The lowest BCUT2D eigenvalue weighted by atomic mass is 9.95. The van der Waals surface area contributed by atoms with Crippen molar-refractivity contribution in [2.75, 3.05) is 18.6 Å². The number of aliphatic hydroxyl groups excluding tert-OH is 1. The molecule has 0 saturated carbocycles. The topological polar surface area (TPSA) is 105 Å². The van der Waals surface area contributed by atoms with Gasteiger partial charge < -0.3 is 19.6 Å². The molecule has 5 rings (SSSR count). The Morgan fingerprint density at radius 1 is 1.05 bits per heavy atom. The number of halogens is 2. The van der Waals surface area contributed by atoms with E-state index in [1.54, 1.807) is 48.5 Å². The number of amides is 1. The second kappa shape index (κ2) is 9.38. The van der Waals surface area contributed by atoms with Crippen molar-refractivity contribution in [2.24, 2.45) is 0 Å². The molecule has 1 saturated heterocycles. The number of imidazole rings is 1. The van der Waals surface area contributed by atoms with Gasteiger partial charge in [-0.15, -0.1) is 0 Å². The minimum atomic E-state index is -1.12. The summed E-state index contributed by atoms with van der Waals surface area (Å²) < 4.78 is 38.5. The van der Waals surface area contributed by atoms with Crippen LogP contribution in [0.25, 0.3) is 16.8 Å². The molecule has 1 aromatic heterocycles. The summed E-state index contributed by atoms with van der Waals surface area (Å²) >= 11 is 0. The number of carbonyl (C=O) groups is 2. The maximum Gasteiger partial charge on any atom is 0.302 e. The molecule has 8 nitrogen and oxygen atoms in total. The molecule has 1 unspecified atom stereocenters. The fourth-order valence-electron chi connectivity index (χ4n) is 4.34. The van der Waals surface area contributed by atoms with Gasteiger partial charge in [-0.2, -0.15) is 0 Å². The van der Waals surface area contributed by atoms with E-state index in [1.165, 1.54) is 7.11 Å². The van der Waals surface area contributed by atoms with Gasteiger partial charge in [0.05, 0.1) is 36.4 Å². The number of anilines is 1. The van der Waals surface area contributed by atoms with E-state index >= 15 is 0 Å². The number of nitrogens with zero attached hydrogens (tertiary/aromatic N) is 2. The Hall–Kier alpha value is -4.73. The highest BCUT2D eigenvalue weighted by molar-refractivity contribution is 6.51. The largest absolute Gasteiger partial charge is 0.507 e. The molecule has 4 aromatic rings. The van der Waals surface area contributed by atoms with Crippen LogP contribution in [-0.4, -0.2) is 40.5 Å². The van der Waals surface area contributed by atoms with Gasteiger partial charge in [0.1, 0.15) is 17.3 Å². The van der Waals surface area contributed by atoms with Crippen LogP contribution < -0.4 is 14.4 Å². The van der Waals surface area contributed by atoms with E-state index in [0.29, 0.717) is 23.7 Å². The summed E-state index contributed by atoms with van der Waals surface area (Å²) in [5.74, 6) is -3.73. The zero-order chi connectivity index (χ0) is 26.3. The van der Waals surface area contributed by atoms with Crippen molar-refractivity contribution in [1.82, 2.24) is 9.97 Å². The molecule has 1 aliphatic rings. The van der Waals surface area contributed by atoms with Crippen LogP contribution >= 0.6 is 0 Å². The number of benzene rings is 3. The number of Topliss-reactive ketones (excluding diaryl/α,β-unsaturated/α-hetero) is 1. The highest BCUT2D eigenvalue weighted by Crippen LogP contribution is 2.42. The number of methoxy groups -OCH3 is 1. The number of nitrogens with one attached hydrogen (secondary N) is 1. The van der Waals surface area contributed by atoms with Crippen LogP contribution in [0.3, 0.4) is 0 Å². The third-order valence-corrected chi connectivity index (χ3v) is 6.01. The van der Waals surface area contributed by atoms with E-state index in [1.807, 2.05) is 6.92 Å². The summed E-state index contributed by atoms with van der Waals surface area (Å²) in [6, 6.07) is 13.8. The lowest BCUT2D eigenvalue weighted by Gasteiger charge is -2.23. The first-order valence-electron chi connectivity index (χ1n) is 11.3. The molecule has 1 aliphatic heterocycles. The summed E-state index contributed by atoms with van der Waals surface area (Å²) in [5.41, 5.74) is 0.711. The molecule has 1 fully saturated rings. The molecule has 2 N–H and O–H groups in total. The average Bonchev–Trinajstić information content (AvgIpc) is 3.41. The monoisotopic (exact) mass is 505 g/mol. The Balaban J connectivity index is 1.72. The van der Waals surface area contributed by atoms with E-state index in [2.05, 4.69) is 9.97 Å². The molecular weight excluding hydrogens is 484 g/mol. The molecule has 10 heteroatoms. The molecule has 37 heavy (non-hydrogen) atoms. The first-order valence-corrected chi connectivity index (χ1v) is 11.3. The van der Waals surface area contributed by atoms with Crippen molar-refractivity contribution in [2.45, 2.75) is 13.0 Å². The molecule has 0 radical (unpaired) electrons. The van der Waals surface area contributed by atoms with Crippen molar-refractivity contribution < 1.29 is 33.0 Å². The van der Waals surface area contributed by atoms with Gasteiger partial charge in [0.15, 0.2) is 11.6 Å². The number of ether oxygens (including phenoxy) is 2. The average molecular weight is 505 g/mol. The number of rotatable bonds is 6. The van der Waals surface area contributed by atoms with Crippen LogP contribution in [0.4, 0.5) is 14.7 Å². The molecule has 3 aromatic carbocycles. The SMILES string of the molecule is CCOc1cccc(/C(O)=C2\C(=O)C(=O)N(c3nc4cc(F)c(F)cc4[nH]3)C2c2cccc(OC)c2)c1. The molecule has 1 atom stereocenters. The minimum absolute atomic E-state index is 0.0598. The molecular formula is C27H21F2N3O5. The summed E-state index contributed by atoms with van der Waals surface area (Å²) in [6.45, 7) is 2.21. The number of hydrogen-bond acceptors (Lipinski definition) is 6. The van der Waals surface area contributed by atoms with Gasteiger partial charge in [-0.05, 0) is 36.8 Å². The second-order valence-corrected chi connectivity index (χ2v) is 8.25. The van der Waals surface area contributed by atoms with Crippen molar-refractivity contribution in [3.63, 3.8) is 0 Å². The fourth-order valence-corrected chi connectivity index (χ4v) is 4.34. The second-order valence-electron chi connectivity index (χ2n) is 8.25. The standard InChI is InChI=1S/C27H21F2N3O5/c1-3-37-17-9-5-7-15(11-17)24(33)22-23(14-6-4-8-16(10-14)36-2)32(26(35)25(22)34)27-30-20-12-18(28)19(29)13-21(20)31-27/h4-13,23,33H,3H2,1-2H3,(H,30,31)/b24-22+. The number of hydrogen-bond donors (Lipinski definition) is 2. The summed E-state index contributed by atoms with van der Waals surface area (Å²) in [7, 11) is 1.47. The summed E-state index contributed by atoms with van der Waals surface area (Å²) in [5, 5.41) is 11.3. The highest BCUT2D eigenvalue weighted by Gasteiger charge is 2.48.